The van der Waals surface area contributed by atoms with E-state index >= 15 is 0 Å². The minimum absolute atomic E-state index is 0.00892. The Hall–Kier alpha value is -1.86. The molecule has 30 heavy (non-hydrogen) atoms. The number of nitrogens with one attached hydrogen (secondary N) is 2. The topological polar surface area (TPSA) is 76.7 Å². The minimum atomic E-state index is -0.586. The van der Waals surface area contributed by atoms with Crippen LogP contribution in [0.2, 0.25) is 5.02 Å². The van der Waals surface area contributed by atoms with Gasteiger partial charge in [-0.25, -0.2) is 4.39 Å². The summed E-state index contributed by atoms with van der Waals surface area (Å²) in [4.78, 5) is 25.0. The molecule has 3 unspecified atom stereocenters. The van der Waals surface area contributed by atoms with Crippen LogP contribution < -0.4 is 15.4 Å². The molecule has 5 aliphatic rings. The fraction of sp³-hybridized carbons (Fsp3) is 0.636. The maximum absolute atomic E-state index is 13.4. The lowest BCUT2D eigenvalue weighted by Crippen LogP contribution is -2.84. The molecule has 6 rings (SSSR count). The van der Waals surface area contributed by atoms with E-state index in [1.54, 1.807) is 0 Å². The smallest absolute Gasteiger partial charge is 0.258 e. The van der Waals surface area contributed by atoms with E-state index < -0.39 is 5.82 Å². The molecule has 1 saturated heterocycles. The lowest BCUT2D eigenvalue weighted by molar-refractivity contribution is -0.153. The average Bonchev–Trinajstić information content (AvgIpc) is 3.42. The van der Waals surface area contributed by atoms with E-state index in [1.165, 1.54) is 25.0 Å². The number of hydrogen-bond acceptors (Lipinski definition) is 4. The molecular formula is C22H26ClFN2O4. The molecule has 0 spiro atoms. The van der Waals surface area contributed by atoms with Crippen LogP contribution in [0.25, 0.3) is 0 Å². The molecule has 1 aliphatic heterocycles. The lowest BCUT2D eigenvalue weighted by atomic mass is 9.44. The van der Waals surface area contributed by atoms with Crippen molar-refractivity contribution in [1.29, 1.82) is 0 Å². The van der Waals surface area contributed by atoms with Gasteiger partial charge in [-0.15, -0.1) is 0 Å². The highest BCUT2D eigenvalue weighted by Gasteiger charge is 2.69. The summed E-state index contributed by atoms with van der Waals surface area (Å²) in [7, 11) is 0. The van der Waals surface area contributed by atoms with Crippen molar-refractivity contribution in [3.63, 3.8) is 0 Å². The SMILES string of the molecule is CC1OC(C2CC2)CC1C(=O)NC12CC(NC(=O)COc3ccc(Cl)c(F)c3)(C1)C2. The van der Waals surface area contributed by atoms with Crippen molar-refractivity contribution in [3.8, 4) is 5.75 Å². The Morgan fingerprint density at radius 3 is 2.60 bits per heavy atom. The maximum Gasteiger partial charge on any atom is 0.258 e. The summed E-state index contributed by atoms with van der Waals surface area (Å²) in [5, 5.41) is 6.23. The van der Waals surface area contributed by atoms with E-state index in [0.717, 1.165) is 31.7 Å². The molecule has 3 atom stereocenters. The first kappa shape index (κ1) is 20.1. The van der Waals surface area contributed by atoms with Crippen LogP contribution in [0.1, 0.15) is 45.4 Å². The van der Waals surface area contributed by atoms with Gasteiger partial charge in [-0.2, -0.15) is 0 Å². The van der Waals surface area contributed by atoms with Crippen molar-refractivity contribution >= 4 is 23.4 Å². The molecule has 0 aromatic heterocycles. The Bertz CT molecular complexity index is 870. The number of hydrogen-bond donors (Lipinski definition) is 2. The van der Waals surface area contributed by atoms with Gasteiger partial charge in [-0.1, -0.05) is 11.6 Å². The highest BCUT2D eigenvalue weighted by molar-refractivity contribution is 6.30. The predicted molar refractivity (Wildman–Crippen MR) is 108 cm³/mol. The molecule has 4 saturated carbocycles. The lowest BCUT2D eigenvalue weighted by Gasteiger charge is -2.70. The Kier molecular flexibility index (Phi) is 4.74. The van der Waals surface area contributed by atoms with Crippen LogP contribution in [0.4, 0.5) is 4.39 Å². The molecule has 4 aliphatic carbocycles. The van der Waals surface area contributed by atoms with Crippen molar-refractivity contribution in [2.45, 2.75) is 68.7 Å². The summed E-state index contributed by atoms with van der Waals surface area (Å²) in [6.07, 6.45) is 5.67. The monoisotopic (exact) mass is 436 g/mol. The number of halogens is 2. The third-order valence-electron chi connectivity index (χ3n) is 7.01. The van der Waals surface area contributed by atoms with Gasteiger partial charge >= 0.3 is 0 Å². The molecule has 1 aromatic carbocycles. The van der Waals surface area contributed by atoms with Crippen LogP contribution in [0.5, 0.6) is 5.75 Å². The molecule has 1 aromatic rings. The summed E-state index contributed by atoms with van der Waals surface area (Å²) < 4.78 is 24.8. The third-order valence-corrected chi connectivity index (χ3v) is 7.32. The van der Waals surface area contributed by atoms with Crippen LogP contribution >= 0.6 is 11.6 Å². The van der Waals surface area contributed by atoms with Crippen LogP contribution in [0.15, 0.2) is 18.2 Å². The standard InChI is InChI=1S/C22H26ClFN2O4/c1-12-15(7-18(30-12)13-2-3-13)20(28)26-22-9-21(10-22,11-22)25-19(27)8-29-14-4-5-16(23)17(24)6-14/h4-6,12-13,15,18H,2-3,7-11H2,1H3,(H,25,27)(H,26,28). The van der Waals surface area contributed by atoms with Gasteiger partial charge in [0.2, 0.25) is 5.91 Å². The number of carbonyl (C=O) groups is 2. The molecule has 162 valence electrons. The molecule has 2 N–H and O–H groups in total. The molecule has 0 radical (unpaired) electrons. The van der Waals surface area contributed by atoms with E-state index in [-0.39, 0.29) is 58.4 Å². The zero-order chi connectivity index (χ0) is 21.1. The number of carbonyl (C=O) groups excluding carboxylic acids is 2. The second-order valence-corrected chi connectivity index (χ2v) is 9.96. The second-order valence-electron chi connectivity index (χ2n) is 9.55. The van der Waals surface area contributed by atoms with Gasteiger partial charge < -0.3 is 20.1 Å². The largest absolute Gasteiger partial charge is 0.484 e. The highest BCUT2D eigenvalue weighted by atomic mass is 35.5. The van der Waals surface area contributed by atoms with Gasteiger partial charge in [0, 0.05) is 17.1 Å². The Labute approximate surface area is 179 Å². The van der Waals surface area contributed by atoms with E-state index in [9.17, 15) is 14.0 Å². The van der Waals surface area contributed by atoms with E-state index in [1.807, 2.05) is 6.92 Å². The molecule has 2 bridgehead atoms. The van der Waals surface area contributed by atoms with Gasteiger partial charge in [-0.3, -0.25) is 9.59 Å². The first-order chi connectivity index (χ1) is 14.3. The first-order valence-corrected chi connectivity index (χ1v) is 11.0. The molecule has 5 fully saturated rings. The van der Waals surface area contributed by atoms with Crippen molar-refractivity contribution in [2.24, 2.45) is 11.8 Å². The first-order valence-electron chi connectivity index (χ1n) is 10.6. The summed E-state index contributed by atoms with van der Waals surface area (Å²) in [6, 6.07) is 4.06. The zero-order valence-electron chi connectivity index (χ0n) is 16.9. The summed E-state index contributed by atoms with van der Waals surface area (Å²) >= 11 is 5.64. The van der Waals surface area contributed by atoms with Gasteiger partial charge in [0.05, 0.1) is 23.1 Å². The maximum atomic E-state index is 13.4. The van der Waals surface area contributed by atoms with Gasteiger partial charge in [0.15, 0.2) is 6.61 Å². The van der Waals surface area contributed by atoms with Crippen molar-refractivity contribution < 1.29 is 23.5 Å². The molecule has 6 nitrogen and oxygen atoms in total. The van der Waals surface area contributed by atoms with Crippen LogP contribution in [-0.2, 0) is 14.3 Å². The zero-order valence-corrected chi connectivity index (χ0v) is 17.6. The number of benzene rings is 1. The van der Waals surface area contributed by atoms with Gasteiger partial charge in [0.1, 0.15) is 11.6 Å². The van der Waals surface area contributed by atoms with E-state index in [4.69, 9.17) is 21.1 Å². The quantitative estimate of drug-likeness (QED) is 0.689. The summed E-state index contributed by atoms with van der Waals surface area (Å²) in [6.45, 7) is 1.80. The molecule has 1 heterocycles. The Morgan fingerprint density at radius 2 is 1.93 bits per heavy atom. The predicted octanol–water partition coefficient (Wildman–Crippen LogP) is 2.97. The van der Waals surface area contributed by atoms with E-state index in [0.29, 0.717) is 5.92 Å². The third kappa shape index (κ3) is 3.66. The number of amides is 2. The van der Waals surface area contributed by atoms with Crippen molar-refractivity contribution in [3.05, 3.63) is 29.0 Å². The van der Waals surface area contributed by atoms with Gasteiger partial charge in [0.25, 0.3) is 5.91 Å². The Balaban J connectivity index is 1.06. The minimum Gasteiger partial charge on any atom is -0.484 e. The van der Waals surface area contributed by atoms with Gasteiger partial charge in [-0.05, 0) is 63.5 Å². The summed E-state index contributed by atoms with van der Waals surface area (Å²) in [5.41, 5.74) is -0.449. The summed E-state index contributed by atoms with van der Waals surface area (Å²) in [5.74, 6) is 0.0601. The van der Waals surface area contributed by atoms with Crippen molar-refractivity contribution in [2.75, 3.05) is 6.61 Å². The fourth-order valence-corrected chi connectivity index (χ4v) is 5.53. The van der Waals surface area contributed by atoms with E-state index in [2.05, 4.69) is 10.6 Å². The molecular weight excluding hydrogens is 411 g/mol. The molecule has 2 amide bonds. The second kappa shape index (κ2) is 7.09. The van der Waals surface area contributed by atoms with Crippen LogP contribution in [-0.4, -0.2) is 41.7 Å². The fourth-order valence-electron chi connectivity index (χ4n) is 5.41. The normalized spacial score (nSPS) is 36.4. The van der Waals surface area contributed by atoms with Crippen LogP contribution in [0.3, 0.4) is 0 Å². The van der Waals surface area contributed by atoms with Crippen molar-refractivity contribution in [1.82, 2.24) is 10.6 Å². The number of rotatable bonds is 7. The molecule has 8 heteroatoms. The Morgan fingerprint density at radius 1 is 1.23 bits per heavy atom. The highest BCUT2D eigenvalue weighted by Crippen LogP contribution is 2.60. The number of ether oxygens (including phenoxy) is 2. The van der Waals surface area contributed by atoms with Crippen LogP contribution in [0, 0.1) is 17.7 Å². The average molecular weight is 437 g/mol.